The Kier molecular flexibility index (Phi) is 9.99. The Balaban J connectivity index is 4.22. The van der Waals surface area contributed by atoms with Crippen LogP contribution in [0.5, 0.6) is 0 Å². The predicted molar refractivity (Wildman–Crippen MR) is 89.0 cm³/mol. The maximum absolute atomic E-state index is 11.6. The second kappa shape index (κ2) is 10.6. The number of thioether (sulfide) groups is 1. The molecule has 5 nitrogen and oxygen atoms in total. The number of aliphatic hydroxyl groups excluding tert-OH is 1. The molecule has 3 N–H and O–H groups in total. The SMILES string of the molecule is C=CCCCC(O)S/C(=C\NC)CNC(=O)OC(C)(C)C. The van der Waals surface area contributed by atoms with Gasteiger partial charge in [0, 0.05) is 18.2 Å². The quantitative estimate of drug-likeness (QED) is 0.346. The van der Waals surface area contributed by atoms with Crippen LogP contribution in [0.4, 0.5) is 4.79 Å². The molecular weight excluding hydrogens is 288 g/mol. The monoisotopic (exact) mass is 316 g/mol. The van der Waals surface area contributed by atoms with Gasteiger partial charge in [0.2, 0.25) is 0 Å². The maximum atomic E-state index is 11.6. The van der Waals surface area contributed by atoms with E-state index >= 15 is 0 Å². The lowest BCUT2D eigenvalue weighted by atomic mass is 10.2. The number of carbonyl (C=O) groups is 1. The molecule has 1 amide bonds. The first kappa shape index (κ1) is 19.9. The zero-order chi connectivity index (χ0) is 16.3. The molecule has 0 aliphatic rings. The van der Waals surface area contributed by atoms with E-state index in [9.17, 15) is 9.90 Å². The van der Waals surface area contributed by atoms with Crippen LogP contribution in [0.15, 0.2) is 23.8 Å². The Hall–Kier alpha value is -1.14. The lowest BCUT2D eigenvalue weighted by Crippen LogP contribution is -2.33. The lowest BCUT2D eigenvalue weighted by Gasteiger charge is -2.20. The van der Waals surface area contributed by atoms with Crippen LogP contribution in [0.25, 0.3) is 0 Å². The van der Waals surface area contributed by atoms with E-state index in [0.717, 1.165) is 17.7 Å². The molecule has 122 valence electrons. The van der Waals surface area contributed by atoms with Crippen LogP contribution in [0.3, 0.4) is 0 Å². The van der Waals surface area contributed by atoms with Gasteiger partial charge in [0.15, 0.2) is 0 Å². The van der Waals surface area contributed by atoms with E-state index in [2.05, 4.69) is 17.2 Å². The molecule has 6 heteroatoms. The fourth-order valence-electron chi connectivity index (χ4n) is 1.43. The summed E-state index contributed by atoms with van der Waals surface area (Å²) in [5.74, 6) is 0. The van der Waals surface area contributed by atoms with E-state index in [1.807, 2.05) is 26.8 Å². The van der Waals surface area contributed by atoms with Crippen LogP contribution in [0.2, 0.25) is 0 Å². The predicted octanol–water partition coefficient (Wildman–Crippen LogP) is 2.98. The topological polar surface area (TPSA) is 70.6 Å². The van der Waals surface area contributed by atoms with Gasteiger partial charge in [-0.05, 0) is 40.0 Å². The van der Waals surface area contributed by atoms with Crippen molar-refractivity contribution < 1.29 is 14.6 Å². The molecular formula is C15H28N2O3S. The van der Waals surface area contributed by atoms with Crippen LogP contribution < -0.4 is 10.6 Å². The van der Waals surface area contributed by atoms with E-state index < -0.39 is 17.1 Å². The van der Waals surface area contributed by atoms with E-state index in [-0.39, 0.29) is 0 Å². The van der Waals surface area contributed by atoms with Crippen LogP contribution in [-0.2, 0) is 4.74 Å². The van der Waals surface area contributed by atoms with Crippen molar-refractivity contribution in [1.82, 2.24) is 10.6 Å². The molecule has 0 rings (SSSR count). The summed E-state index contributed by atoms with van der Waals surface area (Å²) in [6, 6.07) is 0. The number of amides is 1. The van der Waals surface area contributed by atoms with Crippen molar-refractivity contribution >= 4 is 17.9 Å². The Morgan fingerprint density at radius 3 is 2.67 bits per heavy atom. The molecule has 1 atom stereocenters. The number of rotatable bonds is 9. The van der Waals surface area contributed by atoms with Crippen molar-refractivity contribution in [2.45, 2.75) is 51.1 Å². The molecule has 0 saturated carbocycles. The number of hydrogen-bond donors (Lipinski definition) is 3. The van der Waals surface area contributed by atoms with Gasteiger partial charge in [-0.1, -0.05) is 17.8 Å². The van der Waals surface area contributed by atoms with E-state index in [1.165, 1.54) is 11.8 Å². The molecule has 21 heavy (non-hydrogen) atoms. The molecule has 0 fully saturated rings. The Labute approximate surface area is 132 Å². The highest BCUT2D eigenvalue weighted by Gasteiger charge is 2.16. The minimum atomic E-state index is -0.520. The van der Waals surface area contributed by atoms with Crippen molar-refractivity contribution in [3.8, 4) is 0 Å². The number of alkyl carbamates (subject to hydrolysis) is 1. The molecule has 0 saturated heterocycles. The second-order valence-electron chi connectivity index (χ2n) is 5.55. The average Bonchev–Trinajstić information content (AvgIpc) is 2.34. The molecule has 0 aromatic carbocycles. The second-order valence-corrected chi connectivity index (χ2v) is 6.85. The molecule has 1 unspecified atom stereocenters. The van der Waals surface area contributed by atoms with E-state index in [4.69, 9.17) is 4.74 Å². The normalized spacial score (nSPS) is 13.5. The summed E-state index contributed by atoms with van der Waals surface area (Å²) in [6.45, 7) is 9.42. The van der Waals surface area contributed by atoms with Gasteiger partial charge in [-0.25, -0.2) is 4.79 Å². The molecule has 0 aromatic heterocycles. The number of carbonyl (C=O) groups excluding carboxylic acids is 1. The molecule has 0 aromatic rings. The molecule has 0 aliphatic carbocycles. The number of hydrogen-bond acceptors (Lipinski definition) is 5. The number of nitrogens with one attached hydrogen (secondary N) is 2. The summed E-state index contributed by atoms with van der Waals surface area (Å²) < 4.78 is 5.17. The Bertz CT molecular complexity index is 351. The van der Waals surface area contributed by atoms with Gasteiger partial charge in [0.25, 0.3) is 0 Å². The van der Waals surface area contributed by atoms with E-state index in [1.54, 1.807) is 13.2 Å². The number of ether oxygens (including phenoxy) is 1. The number of aliphatic hydroxyl groups is 1. The maximum Gasteiger partial charge on any atom is 0.407 e. The number of allylic oxidation sites excluding steroid dienone is 1. The zero-order valence-corrected chi connectivity index (χ0v) is 14.3. The van der Waals surface area contributed by atoms with Crippen molar-refractivity contribution in [2.24, 2.45) is 0 Å². The lowest BCUT2D eigenvalue weighted by molar-refractivity contribution is 0.0533. The van der Waals surface area contributed by atoms with Crippen LogP contribution in [-0.4, -0.2) is 35.8 Å². The summed E-state index contributed by atoms with van der Waals surface area (Å²) >= 11 is 1.33. The molecule has 0 aliphatic heterocycles. The third-order valence-corrected chi connectivity index (χ3v) is 3.33. The summed E-state index contributed by atoms with van der Waals surface area (Å²) in [5.41, 5.74) is -1.01. The summed E-state index contributed by atoms with van der Waals surface area (Å²) in [4.78, 5) is 12.4. The van der Waals surface area contributed by atoms with Crippen molar-refractivity contribution in [3.05, 3.63) is 23.8 Å². The highest BCUT2D eigenvalue weighted by Crippen LogP contribution is 2.23. The van der Waals surface area contributed by atoms with Crippen LogP contribution in [0, 0.1) is 0 Å². The van der Waals surface area contributed by atoms with Gasteiger partial charge in [-0.2, -0.15) is 0 Å². The number of unbranched alkanes of at least 4 members (excludes halogenated alkanes) is 1. The van der Waals surface area contributed by atoms with Crippen molar-refractivity contribution in [1.29, 1.82) is 0 Å². The van der Waals surface area contributed by atoms with Gasteiger partial charge in [0.1, 0.15) is 11.0 Å². The molecule has 0 radical (unpaired) electrons. The first-order valence-electron chi connectivity index (χ1n) is 7.07. The van der Waals surface area contributed by atoms with Gasteiger partial charge in [0.05, 0.1) is 6.54 Å². The highest BCUT2D eigenvalue weighted by atomic mass is 32.2. The van der Waals surface area contributed by atoms with Gasteiger partial charge in [-0.3, -0.25) is 0 Å². The summed E-state index contributed by atoms with van der Waals surface area (Å²) in [6.07, 6.45) is 5.60. The molecule has 0 heterocycles. The smallest absolute Gasteiger partial charge is 0.407 e. The average molecular weight is 316 g/mol. The van der Waals surface area contributed by atoms with Gasteiger partial charge < -0.3 is 20.5 Å². The minimum absolute atomic E-state index is 0.318. The standard InChI is InChI=1S/C15H28N2O3S/c1-6-7-8-9-13(18)21-12(10-16-5)11-17-14(19)20-15(2,3)4/h6,10,13,16,18H,1,7-9,11H2,2-5H3,(H,17,19)/b12-10-. The van der Waals surface area contributed by atoms with Crippen LogP contribution >= 0.6 is 11.8 Å². The summed E-state index contributed by atoms with van der Waals surface area (Å²) in [5, 5.41) is 15.5. The first-order valence-corrected chi connectivity index (χ1v) is 7.95. The Morgan fingerprint density at radius 1 is 1.48 bits per heavy atom. The van der Waals surface area contributed by atoms with Gasteiger partial charge in [-0.15, -0.1) is 6.58 Å². The molecule has 0 spiro atoms. The fraction of sp³-hybridized carbons (Fsp3) is 0.667. The third-order valence-electron chi connectivity index (χ3n) is 2.26. The minimum Gasteiger partial charge on any atom is -0.444 e. The molecule has 0 bridgehead atoms. The Morgan fingerprint density at radius 2 is 2.14 bits per heavy atom. The van der Waals surface area contributed by atoms with Crippen LogP contribution in [0.1, 0.15) is 40.0 Å². The summed E-state index contributed by atoms with van der Waals surface area (Å²) in [7, 11) is 1.78. The highest BCUT2D eigenvalue weighted by molar-refractivity contribution is 8.03. The first-order chi connectivity index (χ1) is 9.78. The zero-order valence-electron chi connectivity index (χ0n) is 13.4. The van der Waals surface area contributed by atoms with E-state index in [0.29, 0.717) is 13.0 Å². The third kappa shape index (κ3) is 12.3. The largest absolute Gasteiger partial charge is 0.444 e. The fourth-order valence-corrected chi connectivity index (χ4v) is 2.41. The van der Waals surface area contributed by atoms with Crippen molar-refractivity contribution in [3.63, 3.8) is 0 Å². The van der Waals surface area contributed by atoms with Gasteiger partial charge >= 0.3 is 6.09 Å². The van der Waals surface area contributed by atoms with Crippen molar-refractivity contribution in [2.75, 3.05) is 13.6 Å².